The Morgan fingerprint density at radius 3 is 1.51 bits per heavy atom. The predicted octanol–water partition coefficient (Wildman–Crippen LogP) is 7.46. The third-order valence-corrected chi connectivity index (χ3v) is 14.0. The lowest BCUT2D eigenvalue weighted by Gasteiger charge is -2.34. The van der Waals surface area contributed by atoms with Crippen LogP contribution in [0, 0.1) is 0 Å². The molecule has 212 valence electrons. The van der Waals surface area contributed by atoms with Crippen LogP contribution in [0.5, 0.6) is 0 Å². The Kier molecular flexibility index (Phi) is 5.83. The number of nitrogens with zero attached hydrogens (tertiary/aromatic N) is 2. The maximum Gasteiger partial charge on any atom is 0.227 e. The Labute approximate surface area is 261 Å². The average molecular weight is 593 g/mol. The fourth-order valence-corrected chi connectivity index (χ4v) is 12.2. The van der Waals surface area contributed by atoms with Crippen molar-refractivity contribution in [1.29, 1.82) is 0 Å². The number of pyridine rings is 1. The first-order chi connectivity index (χ1) is 22.3. The Balaban J connectivity index is 1.52. The lowest BCUT2D eigenvalue weighted by atomic mass is 10.1. The van der Waals surface area contributed by atoms with E-state index in [2.05, 4.69) is 162 Å². The van der Waals surface area contributed by atoms with Crippen molar-refractivity contribution < 1.29 is 4.42 Å². The van der Waals surface area contributed by atoms with Gasteiger partial charge in [0.05, 0.1) is 11.0 Å². The summed E-state index contributed by atoms with van der Waals surface area (Å²) in [5.41, 5.74) is 5.03. The standard InChI is InChI=1S/C41H28N2OSi/c1-4-15-30(16-5-1)45(31-17-6-2-7-18-31,32-19-8-3-9-20-32)39-28-29(27-36-35-23-14-26-42-41(35)44-40(36)39)43-37-24-12-10-21-33(37)34-22-11-13-25-38(34)43/h1-28H. The highest BCUT2D eigenvalue weighted by atomic mass is 28.3. The van der Waals surface area contributed by atoms with E-state index in [0.29, 0.717) is 5.71 Å². The van der Waals surface area contributed by atoms with Gasteiger partial charge in [-0.1, -0.05) is 127 Å². The summed E-state index contributed by atoms with van der Waals surface area (Å²) in [5, 5.41) is 9.70. The van der Waals surface area contributed by atoms with Crippen LogP contribution in [0.4, 0.5) is 0 Å². The van der Waals surface area contributed by atoms with E-state index in [-0.39, 0.29) is 0 Å². The monoisotopic (exact) mass is 592 g/mol. The van der Waals surface area contributed by atoms with E-state index in [4.69, 9.17) is 9.40 Å². The Morgan fingerprint density at radius 1 is 0.467 bits per heavy atom. The number of hydrogen-bond acceptors (Lipinski definition) is 2. The fraction of sp³-hybridized carbons (Fsp3) is 0. The van der Waals surface area contributed by atoms with Crippen LogP contribution in [0.25, 0.3) is 49.6 Å². The fourth-order valence-electron chi connectivity index (χ4n) is 7.34. The minimum absolute atomic E-state index is 0.658. The number of fused-ring (bicyclic) bond motifs is 6. The normalized spacial score (nSPS) is 12.0. The van der Waals surface area contributed by atoms with E-state index in [1.165, 1.54) is 42.6 Å². The zero-order chi connectivity index (χ0) is 29.8. The first-order valence-corrected chi connectivity index (χ1v) is 17.3. The summed E-state index contributed by atoms with van der Waals surface area (Å²) in [4.78, 5) is 4.69. The molecule has 9 rings (SSSR count). The largest absolute Gasteiger partial charge is 0.438 e. The molecule has 0 unspecified atom stereocenters. The lowest BCUT2D eigenvalue weighted by Crippen LogP contribution is -2.74. The second-order valence-corrected chi connectivity index (χ2v) is 15.3. The topological polar surface area (TPSA) is 31.0 Å². The highest BCUT2D eigenvalue weighted by Gasteiger charge is 2.44. The minimum atomic E-state index is -2.94. The summed E-state index contributed by atoms with van der Waals surface area (Å²) < 4.78 is 9.24. The van der Waals surface area contributed by atoms with E-state index >= 15 is 0 Å². The van der Waals surface area contributed by atoms with Gasteiger partial charge in [-0.05, 0) is 57.1 Å². The van der Waals surface area contributed by atoms with Gasteiger partial charge >= 0.3 is 0 Å². The van der Waals surface area contributed by atoms with Crippen molar-refractivity contribution in [3.05, 3.63) is 170 Å². The molecule has 3 heterocycles. The summed E-state index contributed by atoms with van der Waals surface area (Å²) in [6.45, 7) is 0. The van der Waals surface area contributed by atoms with Crippen molar-refractivity contribution in [3.63, 3.8) is 0 Å². The number of furan rings is 1. The van der Waals surface area contributed by atoms with E-state index in [1.54, 1.807) is 0 Å². The number of hydrogen-bond donors (Lipinski definition) is 0. The molecule has 6 aromatic carbocycles. The highest BCUT2D eigenvalue weighted by Crippen LogP contribution is 2.35. The Hall–Kier alpha value is -5.71. The van der Waals surface area contributed by atoms with E-state index in [9.17, 15) is 0 Å². The predicted molar refractivity (Wildman–Crippen MR) is 189 cm³/mol. The van der Waals surface area contributed by atoms with Crippen molar-refractivity contribution in [1.82, 2.24) is 9.55 Å². The first kappa shape index (κ1) is 25.8. The van der Waals surface area contributed by atoms with Crippen LogP contribution in [0.3, 0.4) is 0 Å². The van der Waals surface area contributed by atoms with Gasteiger partial charge in [0.25, 0.3) is 0 Å². The molecule has 45 heavy (non-hydrogen) atoms. The van der Waals surface area contributed by atoms with Crippen molar-refractivity contribution in [2.45, 2.75) is 0 Å². The molecule has 0 aliphatic heterocycles. The number of para-hydroxylation sites is 2. The van der Waals surface area contributed by atoms with Gasteiger partial charge in [-0.25, -0.2) is 4.98 Å². The molecule has 0 saturated carbocycles. The van der Waals surface area contributed by atoms with Crippen LogP contribution in [0.15, 0.2) is 174 Å². The molecule has 4 heteroatoms. The molecule has 0 saturated heterocycles. The summed E-state index contributed by atoms with van der Waals surface area (Å²) in [7, 11) is -2.94. The zero-order valence-corrected chi connectivity index (χ0v) is 25.5. The third kappa shape index (κ3) is 3.79. The SMILES string of the molecule is c1ccc([Si](c2ccccc2)(c2ccccc2)c2cc(-n3c4ccccc4c4ccccc43)cc3c2oc2ncccc23)cc1. The van der Waals surface area contributed by atoms with Gasteiger partial charge < -0.3 is 8.98 Å². The molecule has 9 aromatic rings. The van der Waals surface area contributed by atoms with E-state index in [0.717, 1.165) is 22.0 Å². The molecule has 3 aromatic heterocycles. The van der Waals surface area contributed by atoms with Gasteiger partial charge in [-0.3, -0.25) is 0 Å². The van der Waals surface area contributed by atoms with Crippen LogP contribution < -0.4 is 20.7 Å². The molecule has 0 amide bonds. The maximum atomic E-state index is 6.82. The molecule has 0 spiro atoms. The summed E-state index contributed by atoms with van der Waals surface area (Å²) in [5.74, 6) is 0. The van der Waals surface area contributed by atoms with Crippen LogP contribution in [0.1, 0.15) is 0 Å². The molecule has 0 radical (unpaired) electrons. The average Bonchev–Trinajstić information content (AvgIpc) is 3.66. The molecule has 0 fully saturated rings. The number of aromatic nitrogens is 2. The van der Waals surface area contributed by atoms with Crippen molar-refractivity contribution in [2.24, 2.45) is 0 Å². The Morgan fingerprint density at radius 2 is 0.956 bits per heavy atom. The highest BCUT2D eigenvalue weighted by molar-refractivity contribution is 7.20. The lowest BCUT2D eigenvalue weighted by molar-refractivity contribution is 0.656. The second-order valence-electron chi connectivity index (χ2n) is 11.5. The second kappa shape index (κ2) is 10.2. The maximum absolute atomic E-state index is 6.82. The van der Waals surface area contributed by atoms with Gasteiger partial charge in [0.15, 0.2) is 8.07 Å². The number of benzene rings is 6. The summed E-state index contributed by atoms with van der Waals surface area (Å²) in [6, 6.07) is 59.3. The molecule has 0 N–H and O–H groups in total. The molecular weight excluding hydrogens is 565 g/mol. The smallest absolute Gasteiger partial charge is 0.227 e. The van der Waals surface area contributed by atoms with E-state index in [1.807, 2.05) is 12.3 Å². The molecule has 3 nitrogen and oxygen atoms in total. The van der Waals surface area contributed by atoms with E-state index < -0.39 is 8.07 Å². The van der Waals surface area contributed by atoms with Crippen LogP contribution in [0.2, 0.25) is 0 Å². The molecule has 0 aliphatic carbocycles. The van der Waals surface area contributed by atoms with Crippen molar-refractivity contribution in [3.8, 4) is 5.69 Å². The van der Waals surface area contributed by atoms with Gasteiger partial charge in [0.2, 0.25) is 5.71 Å². The minimum Gasteiger partial charge on any atom is -0.438 e. The molecule has 0 aliphatic rings. The van der Waals surface area contributed by atoms with Gasteiger partial charge in [0.1, 0.15) is 5.58 Å². The number of rotatable bonds is 5. The van der Waals surface area contributed by atoms with Gasteiger partial charge in [0, 0.05) is 33.4 Å². The summed E-state index contributed by atoms with van der Waals surface area (Å²) >= 11 is 0. The molecular formula is C41H28N2OSi. The van der Waals surface area contributed by atoms with Crippen molar-refractivity contribution >= 4 is 72.7 Å². The molecule has 0 atom stereocenters. The quantitative estimate of drug-likeness (QED) is 0.154. The zero-order valence-electron chi connectivity index (χ0n) is 24.5. The van der Waals surface area contributed by atoms with Crippen LogP contribution in [-0.2, 0) is 0 Å². The van der Waals surface area contributed by atoms with Crippen molar-refractivity contribution in [2.75, 3.05) is 0 Å². The van der Waals surface area contributed by atoms with Gasteiger partial charge in [-0.2, -0.15) is 0 Å². The van der Waals surface area contributed by atoms with Crippen LogP contribution in [-0.4, -0.2) is 17.6 Å². The van der Waals surface area contributed by atoms with Crippen LogP contribution >= 0.6 is 0 Å². The summed E-state index contributed by atoms with van der Waals surface area (Å²) in [6.07, 6.45) is 1.81. The Bertz CT molecular complexity index is 2330. The first-order valence-electron chi connectivity index (χ1n) is 15.3. The van der Waals surface area contributed by atoms with Gasteiger partial charge in [-0.15, -0.1) is 0 Å². The molecule has 0 bridgehead atoms. The third-order valence-electron chi connectivity index (χ3n) is 9.20.